The monoisotopic (exact) mass is 361 g/mol. The van der Waals surface area contributed by atoms with E-state index in [4.69, 9.17) is 0 Å². The van der Waals surface area contributed by atoms with Gasteiger partial charge in [-0.25, -0.2) is 9.07 Å². The number of benzene rings is 1. The van der Waals surface area contributed by atoms with E-state index in [1.807, 2.05) is 12.1 Å². The Morgan fingerprint density at radius 1 is 1.11 bits per heavy atom. The van der Waals surface area contributed by atoms with E-state index in [9.17, 15) is 9.18 Å². The highest BCUT2D eigenvalue weighted by Crippen LogP contribution is 2.43. The Hall–Kier alpha value is -3.35. The second-order valence-electron chi connectivity index (χ2n) is 6.81. The fourth-order valence-electron chi connectivity index (χ4n) is 3.97. The SMILES string of the molecule is O=C1C[C@H](c2ccc(F)cc2)CC2=C1[C@@H](c1cccnc1)n1ncnc1N2. The first kappa shape index (κ1) is 15.9. The molecule has 6 nitrogen and oxygen atoms in total. The number of Topliss-reactive ketones (excluding diaryl/α,β-unsaturated/α-hetero) is 1. The van der Waals surface area contributed by atoms with Gasteiger partial charge in [-0.1, -0.05) is 18.2 Å². The highest BCUT2D eigenvalue weighted by atomic mass is 19.1. The van der Waals surface area contributed by atoms with Crippen molar-refractivity contribution < 1.29 is 9.18 Å². The lowest BCUT2D eigenvalue weighted by atomic mass is 9.78. The number of pyridine rings is 1. The van der Waals surface area contributed by atoms with Gasteiger partial charge in [-0.15, -0.1) is 0 Å². The van der Waals surface area contributed by atoms with Crippen LogP contribution in [0.3, 0.4) is 0 Å². The molecule has 1 aliphatic carbocycles. The lowest BCUT2D eigenvalue weighted by Gasteiger charge is -2.35. The Morgan fingerprint density at radius 3 is 2.74 bits per heavy atom. The first-order valence-corrected chi connectivity index (χ1v) is 8.79. The molecule has 0 radical (unpaired) electrons. The Bertz CT molecular complexity index is 1040. The van der Waals surface area contributed by atoms with E-state index in [1.54, 1.807) is 29.2 Å². The Morgan fingerprint density at radius 2 is 1.96 bits per heavy atom. The van der Waals surface area contributed by atoms with Crippen LogP contribution in [0.1, 0.15) is 35.9 Å². The molecular formula is C20H16FN5O. The molecule has 1 aromatic carbocycles. The summed E-state index contributed by atoms with van der Waals surface area (Å²) in [6, 6.07) is 9.83. The van der Waals surface area contributed by atoms with Crippen LogP contribution in [0, 0.1) is 5.82 Å². The van der Waals surface area contributed by atoms with Gasteiger partial charge in [0.25, 0.3) is 0 Å². The Balaban J connectivity index is 1.58. The number of halogens is 1. The molecule has 0 saturated heterocycles. The van der Waals surface area contributed by atoms with Crippen LogP contribution in [0.4, 0.5) is 10.3 Å². The standard InChI is InChI=1S/C20H16FN5O/c21-15-5-3-12(4-6-15)14-8-16-18(17(27)9-14)19(13-2-1-7-22-10-13)26-20(25-16)23-11-24-26/h1-7,10-11,14,19H,8-9H2,(H,23,24,25)/t14-,19-/m1/s1. The summed E-state index contributed by atoms with van der Waals surface area (Å²) in [5.74, 6) is 0.401. The average Bonchev–Trinajstić information content (AvgIpc) is 3.15. The van der Waals surface area contributed by atoms with E-state index in [1.165, 1.54) is 18.5 Å². The molecular weight excluding hydrogens is 345 g/mol. The second-order valence-corrected chi connectivity index (χ2v) is 6.81. The highest BCUT2D eigenvalue weighted by molar-refractivity contribution is 6.00. The van der Waals surface area contributed by atoms with Gasteiger partial charge in [0, 0.05) is 30.1 Å². The third kappa shape index (κ3) is 2.63. The van der Waals surface area contributed by atoms with Gasteiger partial charge in [-0.3, -0.25) is 9.78 Å². The fourth-order valence-corrected chi connectivity index (χ4v) is 3.97. The summed E-state index contributed by atoms with van der Waals surface area (Å²) in [6.07, 6.45) is 5.98. The van der Waals surface area contributed by atoms with Crippen LogP contribution in [0.5, 0.6) is 0 Å². The van der Waals surface area contributed by atoms with Crippen molar-refractivity contribution in [3.05, 3.63) is 83.3 Å². The van der Waals surface area contributed by atoms with E-state index in [0.717, 1.165) is 16.8 Å². The number of anilines is 1. The molecule has 0 unspecified atom stereocenters. The number of nitrogens with one attached hydrogen (secondary N) is 1. The van der Waals surface area contributed by atoms with E-state index in [0.29, 0.717) is 24.4 Å². The van der Waals surface area contributed by atoms with E-state index in [2.05, 4.69) is 20.4 Å². The molecule has 3 aromatic rings. The summed E-state index contributed by atoms with van der Waals surface area (Å²) in [5.41, 5.74) is 3.42. The van der Waals surface area contributed by atoms with Gasteiger partial charge in [0.05, 0.1) is 0 Å². The molecule has 7 heteroatoms. The van der Waals surface area contributed by atoms with Crippen molar-refractivity contribution in [2.45, 2.75) is 24.8 Å². The number of allylic oxidation sites excluding steroid dienone is 2. The van der Waals surface area contributed by atoms with Crippen molar-refractivity contribution in [1.82, 2.24) is 19.7 Å². The Labute approximate surface area is 154 Å². The molecule has 3 heterocycles. The zero-order valence-electron chi connectivity index (χ0n) is 14.3. The zero-order chi connectivity index (χ0) is 18.4. The van der Waals surface area contributed by atoms with Crippen LogP contribution in [-0.4, -0.2) is 25.5 Å². The number of ketones is 1. The topological polar surface area (TPSA) is 72.7 Å². The predicted octanol–water partition coefficient (Wildman–Crippen LogP) is 3.23. The number of rotatable bonds is 2. The number of aromatic nitrogens is 4. The number of nitrogens with zero attached hydrogens (tertiary/aromatic N) is 4. The van der Waals surface area contributed by atoms with Gasteiger partial charge in [0.1, 0.15) is 18.2 Å². The van der Waals surface area contributed by atoms with Crippen molar-refractivity contribution in [3.63, 3.8) is 0 Å². The highest BCUT2D eigenvalue weighted by Gasteiger charge is 2.39. The zero-order valence-corrected chi connectivity index (χ0v) is 14.3. The average molecular weight is 361 g/mol. The maximum Gasteiger partial charge on any atom is 0.226 e. The second kappa shape index (κ2) is 6.12. The molecule has 0 fully saturated rings. The van der Waals surface area contributed by atoms with Crippen molar-refractivity contribution >= 4 is 11.7 Å². The first-order chi connectivity index (χ1) is 13.2. The van der Waals surface area contributed by atoms with E-state index in [-0.39, 0.29) is 23.6 Å². The molecule has 134 valence electrons. The van der Waals surface area contributed by atoms with Crippen molar-refractivity contribution in [3.8, 4) is 0 Å². The lowest BCUT2D eigenvalue weighted by Crippen LogP contribution is -2.33. The third-order valence-electron chi connectivity index (χ3n) is 5.20. The van der Waals surface area contributed by atoms with Gasteiger partial charge in [-0.2, -0.15) is 10.1 Å². The molecule has 0 spiro atoms. The number of carbonyl (C=O) groups excluding carboxylic acids is 1. The molecule has 1 aliphatic heterocycles. The van der Waals surface area contributed by atoms with Crippen molar-refractivity contribution in [2.24, 2.45) is 0 Å². The number of hydrogen-bond donors (Lipinski definition) is 1. The summed E-state index contributed by atoms with van der Waals surface area (Å²) in [4.78, 5) is 21.6. The number of hydrogen-bond acceptors (Lipinski definition) is 5. The summed E-state index contributed by atoms with van der Waals surface area (Å²) in [6.45, 7) is 0. The molecule has 27 heavy (non-hydrogen) atoms. The van der Waals surface area contributed by atoms with Crippen LogP contribution < -0.4 is 5.32 Å². The maximum atomic E-state index is 13.3. The summed E-state index contributed by atoms with van der Waals surface area (Å²) in [5, 5.41) is 7.59. The molecule has 2 aromatic heterocycles. The quantitative estimate of drug-likeness (QED) is 0.759. The lowest BCUT2D eigenvalue weighted by molar-refractivity contribution is -0.116. The molecule has 2 aliphatic rings. The minimum atomic E-state index is -0.339. The molecule has 0 bridgehead atoms. The van der Waals surface area contributed by atoms with Gasteiger partial charge < -0.3 is 5.32 Å². The normalized spacial score (nSPS) is 21.4. The summed E-state index contributed by atoms with van der Waals surface area (Å²) in [7, 11) is 0. The number of fused-ring (bicyclic) bond motifs is 1. The molecule has 5 rings (SSSR count). The molecule has 2 atom stereocenters. The minimum Gasteiger partial charge on any atom is -0.328 e. The summed E-state index contributed by atoms with van der Waals surface area (Å²) >= 11 is 0. The van der Waals surface area contributed by atoms with E-state index >= 15 is 0 Å². The van der Waals surface area contributed by atoms with Gasteiger partial charge in [-0.05, 0) is 41.7 Å². The largest absolute Gasteiger partial charge is 0.328 e. The van der Waals surface area contributed by atoms with Crippen LogP contribution >= 0.6 is 0 Å². The molecule has 0 saturated carbocycles. The van der Waals surface area contributed by atoms with Gasteiger partial charge in [0.15, 0.2) is 5.78 Å². The maximum absolute atomic E-state index is 13.3. The molecule has 1 N–H and O–H groups in total. The van der Waals surface area contributed by atoms with Crippen molar-refractivity contribution in [1.29, 1.82) is 0 Å². The van der Waals surface area contributed by atoms with Crippen LogP contribution in [0.15, 0.2) is 66.4 Å². The van der Waals surface area contributed by atoms with Crippen molar-refractivity contribution in [2.75, 3.05) is 5.32 Å². The predicted molar refractivity (Wildman–Crippen MR) is 96.4 cm³/mol. The van der Waals surface area contributed by atoms with Gasteiger partial charge >= 0.3 is 0 Å². The van der Waals surface area contributed by atoms with Crippen LogP contribution in [0.25, 0.3) is 0 Å². The number of carbonyl (C=O) groups is 1. The summed E-state index contributed by atoms with van der Waals surface area (Å²) < 4.78 is 15.0. The smallest absolute Gasteiger partial charge is 0.226 e. The third-order valence-corrected chi connectivity index (χ3v) is 5.20. The van der Waals surface area contributed by atoms with Crippen LogP contribution in [0.2, 0.25) is 0 Å². The van der Waals surface area contributed by atoms with Crippen LogP contribution in [-0.2, 0) is 4.79 Å². The Kier molecular flexibility index (Phi) is 3.60. The fraction of sp³-hybridized carbons (Fsp3) is 0.200. The van der Waals surface area contributed by atoms with Gasteiger partial charge in [0.2, 0.25) is 5.95 Å². The molecule has 0 amide bonds. The first-order valence-electron chi connectivity index (χ1n) is 8.79. The minimum absolute atomic E-state index is 0.00775. The van der Waals surface area contributed by atoms with E-state index < -0.39 is 0 Å².